The predicted octanol–water partition coefficient (Wildman–Crippen LogP) is 4.46. The van der Waals surface area contributed by atoms with Crippen LogP contribution in [0.25, 0.3) is 0 Å². The Hall–Kier alpha value is -2.83. The molecule has 6 heteroatoms. The van der Waals surface area contributed by atoms with Gasteiger partial charge in [0.2, 0.25) is 5.91 Å². The molecule has 0 aliphatic carbocycles. The van der Waals surface area contributed by atoms with E-state index < -0.39 is 5.91 Å². The van der Waals surface area contributed by atoms with Crippen molar-refractivity contribution in [2.24, 2.45) is 5.73 Å². The molecule has 0 atom stereocenters. The fourth-order valence-corrected chi connectivity index (χ4v) is 3.66. The van der Waals surface area contributed by atoms with Crippen molar-refractivity contribution >= 4 is 17.2 Å². The normalized spacial score (nSPS) is 10.9. The highest BCUT2D eigenvalue weighted by Gasteiger charge is 2.10. The van der Waals surface area contributed by atoms with Crippen molar-refractivity contribution in [2.45, 2.75) is 26.6 Å². The average molecular weight is 411 g/mol. The maximum Gasteiger partial charge on any atom is 0.248 e. The van der Waals surface area contributed by atoms with Crippen molar-refractivity contribution in [3.8, 4) is 11.5 Å². The number of nitrogens with two attached hydrogens (primary N) is 1. The smallest absolute Gasteiger partial charge is 0.248 e. The molecule has 0 spiro atoms. The minimum absolute atomic E-state index is 0.405. The fraction of sp³-hybridized carbons (Fsp3) is 0.261. The van der Waals surface area contributed by atoms with Gasteiger partial charge in [0.15, 0.2) is 11.5 Å². The van der Waals surface area contributed by atoms with E-state index in [1.165, 1.54) is 4.88 Å². The molecule has 152 valence electrons. The number of hydrogen-bond donors (Lipinski definition) is 1. The number of ether oxygens (including phenoxy) is 2. The average Bonchev–Trinajstić information content (AvgIpc) is 3.26. The SMILES string of the molecule is CCN(Cc1ccc(C(N)=O)cc1)Cc1ccc(OCc2cccs2)c(OC)c1. The standard InChI is InChI=1S/C23H26N2O3S/c1-3-25(14-17-6-9-19(10-7-17)23(24)26)15-18-8-11-21(22(13-18)27-2)28-16-20-5-4-12-29-20/h4-13H,3,14-16H2,1-2H3,(H2,24,26). The number of benzene rings is 2. The van der Waals surface area contributed by atoms with Crippen molar-refractivity contribution in [3.05, 3.63) is 81.5 Å². The van der Waals surface area contributed by atoms with Crippen molar-refractivity contribution in [2.75, 3.05) is 13.7 Å². The number of rotatable bonds is 10. The number of methoxy groups -OCH3 is 1. The summed E-state index contributed by atoms with van der Waals surface area (Å²) in [6.07, 6.45) is 0. The molecule has 2 N–H and O–H groups in total. The first-order chi connectivity index (χ1) is 14.1. The highest BCUT2D eigenvalue weighted by molar-refractivity contribution is 7.09. The van der Waals surface area contributed by atoms with E-state index in [2.05, 4.69) is 24.0 Å². The molecule has 0 unspecified atom stereocenters. The summed E-state index contributed by atoms with van der Waals surface area (Å²) in [5.74, 6) is 1.08. The van der Waals surface area contributed by atoms with Gasteiger partial charge in [0.1, 0.15) is 6.61 Å². The zero-order valence-corrected chi connectivity index (χ0v) is 17.6. The van der Waals surface area contributed by atoms with Gasteiger partial charge in [-0.25, -0.2) is 0 Å². The van der Waals surface area contributed by atoms with Crippen LogP contribution in [0.1, 0.15) is 33.3 Å². The third-order valence-corrected chi connectivity index (χ3v) is 5.53. The zero-order valence-electron chi connectivity index (χ0n) is 16.8. The molecular formula is C23H26N2O3S. The first-order valence-electron chi connectivity index (χ1n) is 9.52. The molecule has 1 amide bonds. The van der Waals surface area contributed by atoms with Gasteiger partial charge in [-0.05, 0) is 53.4 Å². The van der Waals surface area contributed by atoms with E-state index in [9.17, 15) is 4.79 Å². The lowest BCUT2D eigenvalue weighted by Crippen LogP contribution is -2.22. The van der Waals surface area contributed by atoms with Crippen LogP contribution >= 0.6 is 11.3 Å². The molecule has 0 bridgehead atoms. The Bertz CT molecular complexity index is 924. The highest BCUT2D eigenvalue weighted by Crippen LogP contribution is 2.30. The van der Waals surface area contributed by atoms with Crippen LogP contribution in [-0.4, -0.2) is 24.5 Å². The molecule has 5 nitrogen and oxygen atoms in total. The summed E-state index contributed by atoms with van der Waals surface area (Å²) in [5.41, 5.74) is 8.13. The van der Waals surface area contributed by atoms with Crippen molar-refractivity contribution in [1.82, 2.24) is 4.90 Å². The lowest BCUT2D eigenvalue weighted by atomic mass is 10.1. The van der Waals surface area contributed by atoms with E-state index in [1.807, 2.05) is 35.7 Å². The summed E-state index contributed by atoms with van der Waals surface area (Å²) < 4.78 is 11.5. The summed E-state index contributed by atoms with van der Waals surface area (Å²) in [6.45, 7) is 5.14. The van der Waals surface area contributed by atoms with Gasteiger partial charge in [-0.15, -0.1) is 11.3 Å². The first-order valence-corrected chi connectivity index (χ1v) is 10.4. The number of nitrogens with zero attached hydrogens (tertiary/aromatic N) is 1. The largest absolute Gasteiger partial charge is 0.493 e. The third-order valence-electron chi connectivity index (χ3n) is 4.68. The van der Waals surface area contributed by atoms with Crippen molar-refractivity contribution < 1.29 is 14.3 Å². The van der Waals surface area contributed by atoms with E-state index in [0.29, 0.717) is 12.2 Å². The predicted molar refractivity (Wildman–Crippen MR) is 116 cm³/mol. The quantitative estimate of drug-likeness (QED) is 0.536. The van der Waals surface area contributed by atoms with Crippen molar-refractivity contribution in [1.29, 1.82) is 0 Å². The minimum Gasteiger partial charge on any atom is -0.493 e. The topological polar surface area (TPSA) is 64.8 Å². The molecule has 0 aliphatic heterocycles. The van der Waals surface area contributed by atoms with E-state index in [4.69, 9.17) is 15.2 Å². The van der Waals surface area contributed by atoms with Crippen LogP contribution in [0.3, 0.4) is 0 Å². The Kier molecular flexibility index (Phi) is 7.27. The molecule has 3 rings (SSSR count). The van der Waals surface area contributed by atoms with Crippen molar-refractivity contribution in [3.63, 3.8) is 0 Å². The Morgan fingerprint density at radius 3 is 2.38 bits per heavy atom. The second-order valence-electron chi connectivity index (χ2n) is 6.72. The Labute approximate surface area is 175 Å². The molecular weight excluding hydrogens is 384 g/mol. The number of thiophene rings is 1. The second kappa shape index (κ2) is 10.1. The highest BCUT2D eigenvalue weighted by atomic mass is 32.1. The number of primary amides is 1. The maximum atomic E-state index is 11.2. The van der Waals surface area contributed by atoms with Gasteiger partial charge in [-0.1, -0.05) is 31.2 Å². The summed E-state index contributed by atoms with van der Waals surface area (Å²) in [7, 11) is 1.66. The lowest BCUT2D eigenvalue weighted by molar-refractivity contribution is 0.100. The molecule has 0 radical (unpaired) electrons. The van der Waals surface area contributed by atoms with E-state index in [1.54, 1.807) is 30.6 Å². The van der Waals surface area contributed by atoms with Crippen LogP contribution in [0.2, 0.25) is 0 Å². The zero-order chi connectivity index (χ0) is 20.6. The number of hydrogen-bond acceptors (Lipinski definition) is 5. The van der Waals surface area contributed by atoms with Crippen LogP contribution in [0.5, 0.6) is 11.5 Å². The van der Waals surface area contributed by atoms with Crippen LogP contribution in [0, 0.1) is 0 Å². The van der Waals surface area contributed by atoms with Gasteiger partial charge in [0.05, 0.1) is 7.11 Å². The van der Waals surface area contributed by atoms with Crippen LogP contribution in [0.4, 0.5) is 0 Å². The van der Waals surface area contributed by atoms with Gasteiger partial charge < -0.3 is 15.2 Å². The molecule has 3 aromatic rings. The van der Waals surface area contributed by atoms with Crippen LogP contribution in [-0.2, 0) is 19.7 Å². The van der Waals surface area contributed by atoms with E-state index in [0.717, 1.165) is 42.3 Å². The molecule has 29 heavy (non-hydrogen) atoms. The van der Waals surface area contributed by atoms with Gasteiger partial charge in [-0.3, -0.25) is 9.69 Å². The molecule has 0 fully saturated rings. The third kappa shape index (κ3) is 5.82. The van der Waals surface area contributed by atoms with Crippen LogP contribution < -0.4 is 15.2 Å². The fourth-order valence-electron chi connectivity index (χ4n) is 3.04. The summed E-state index contributed by atoms with van der Waals surface area (Å²) >= 11 is 1.68. The minimum atomic E-state index is -0.405. The maximum absolute atomic E-state index is 11.2. The Morgan fingerprint density at radius 1 is 1.03 bits per heavy atom. The number of amides is 1. The Balaban J connectivity index is 1.64. The summed E-state index contributed by atoms with van der Waals surface area (Å²) in [4.78, 5) is 14.7. The Morgan fingerprint density at radius 2 is 1.76 bits per heavy atom. The number of carbonyl (C=O) groups excluding carboxylic acids is 1. The molecule has 0 saturated carbocycles. The molecule has 1 aromatic heterocycles. The summed E-state index contributed by atoms with van der Waals surface area (Å²) in [6, 6.07) is 17.6. The van der Waals surface area contributed by atoms with Gasteiger partial charge in [0.25, 0.3) is 0 Å². The molecule has 0 aliphatic rings. The summed E-state index contributed by atoms with van der Waals surface area (Å²) in [5, 5.41) is 2.04. The molecule has 1 heterocycles. The second-order valence-corrected chi connectivity index (χ2v) is 7.75. The lowest BCUT2D eigenvalue weighted by Gasteiger charge is -2.21. The molecule has 2 aromatic carbocycles. The van der Waals surface area contributed by atoms with Gasteiger partial charge in [0, 0.05) is 23.5 Å². The van der Waals surface area contributed by atoms with Gasteiger partial charge in [-0.2, -0.15) is 0 Å². The monoisotopic (exact) mass is 410 g/mol. The first kappa shape index (κ1) is 20.9. The van der Waals surface area contributed by atoms with Gasteiger partial charge >= 0.3 is 0 Å². The van der Waals surface area contributed by atoms with E-state index >= 15 is 0 Å². The van der Waals surface area contributed by atoms with E-state index in [-0.39, 0.29) is 0 Å². The van der Waals surface area contributed by atoms with Crippen LogP contribution in [0.15, 0.2) is 60.0 Å². The molecule has 0 saturated heterocycles. The number of carbonyl (C=O) groups is 1.